The van der Waals surface area contributed by atoms with Gasteiger partial charge in [-0.2, -0.15) is 0 Å². The SMILES string of the molecule is CC(C)C1CCCN1Cc1ccc(C=CC(=O)O)cc1. The van der Waals surface area contributed by atoms with Crippen molar-refractivity contribution in [1.82, 2.24) is 4.90 Å². The summed E-state index contributed by atoms with van der Waals surface area (Å²) >= 11 is 0. The van der Waals surface area contributed by atoms with Gasteiger partial charge < -0.3 is 5.11 Å². The average molecular weight is 273 g/mol. The molecule has 1 aromatic carbocycles. The molecular weight excluding hydrogens is 250 g/mol. The van der Waals surface area contributed by atoms with Crippen LogP contribution in [0.25, 0.3) is 6.08 Å². The van der Waals surface area contributed by atoms with E-state index >= 15 is 0 Å². The first-order chi connectivity index (χ1) is 9.56. The molecule has 0 saturated carbocycles. The van der Waals surface area contributed by atoms with Crippen LogP contribution in [0, 0.1) is 5.92 Å². The van der Waals surface area contributed by atoms with Gasteiger partial charge in [-0.3, -0.25) is 4.90 Å². The van der Waals surface area contributed by atoms with Crippen LogP contribution in [-0.4, -0.2) is 28.6 Å². The van der Waals surface area contributed by atoms with Crippen molar-refractivity contribution in [3.63, 3.8) is 0 Å². The van der Waals surface area contributed by atoms with E-state index in [9.17, 15) is 4.79 Å². The number of hydrogen-bond acceptors (Lipinski definition) is 2. The van der Waals surface area contributed by atoms with Crippen LogP contribution in [0.1, 0.15) is 37.8 Å². The molecule has 0 spiro atoms. The second-order valence-electron chi connectivity index (χ2n) is 5.84. The first-order valence-corrected chi connectivity index (χ1v) is 7.30. The zero-order chi connectivity index (χ0) is 14.5. The van der Waals surface area contributed by atoms with Crippen molar-refractivity contribution in [3.05, 3.63) is 41.5 Å². The lowest BCUT2D eigenvalue weighted by atomic mass is 10.0. The lowest BCUT2D eigenvalue weighted by Crippen LogP contribution is -2.32. The van der Waals surface area contributed by atoms with Gasteiger partial charge >= 0.3 is 5.97 Å². The molecule has 1 saturated heterocycles. The molecule has 0 bridgehead atoms. The Morgan fingerprint density at radius 3 is 2.70 bits per heavy atom. The summed E-state index contributed by atoms with van der Waals surface area (Å²) in [7, 11) is 0. The van der Waals surface area contributed by atoms with E-state index in [-0.39, 0.29) is 0 Å². The van der Waals surface area contributed by atoms with E-state index in [2.05, 4.69) is 30.9 Å². The van der Waals surface area contributed by atoms with E-state index in [1.165, 1.54) is 31.0 Å². The summed E-state index contributed by atoms with van der Waals surface area (Å²) in [6.07, 6.45) is 5.39. The van der Waals surface area contributed by atoms with E-state index in [1.54, 1.807) is 6.08 Å². The normalized spacial score (nSPS) is 20.1. The molecule has 1 aliphatic heterocycles. The number of benzene rings is 1. The van der Waals surface area contributed by atoms with Gasteiger partial charge in [-0.15, -0.1) is 0 Å². The highest BCUT2D eigenvalue weighted by atomic mass is 16.4. The number of aliphatic carboxylic acids is 1. The molecule has 1 atom stereocenters. The zero-order valence-corrected chi connectivity index (χ0v) is 12.2. The molecule has 1 unspecified atom stereocenters. The molecule has 2 rings (SSSR count). The Balaban J connectivity index is 1.98. The summed E-state index contributed by atoms with van der Waals surface area (Å²) in [6, 6.07) is 8.85. The summed E-state index contributed by atoms with van der Waals surface area (Å²) in [5.74, 6) is -0.207. The minimum Gasteiger partial charge on any atom is -0.478 e. The number of likely N-dealkylation sites (tertiary alicyclic amines) is 1. The maximum absolute atomic E-state index is 10.5. The van der Waals surface area contributed by atoms with Crippen LogP contribution in [0.3, 0.4) is 0 Å². The summed E-state index contributed by atoms with van der Waals surface area (Å²) < 4.78 is 0. The predicted octanol–water partition coefficient (Wildman–Crippen LogP) is 3.40. The third-order valence-corrected chi connectivity index (χ3v) is 3.97. The quantitative estimate of drug-likeness (QED) is 0.836. The van der Waals surface area contributed by atoms with Gasteiger partial charge in [-0.05, 0) is 42.5 Å². The number of hydrogen-bond donors (Lipinski definition) is 1. The Kier molecular flexibility index (Phi) is 4.96. The Hall–Kier alpha value is -1.61. The largest absolute Gasteiger partial charge is 0.478 e. The maximum atomic E-state index is 10.5. The van der Waals surface area contributed by atoms with Gasteiger partial charge in [0.15, 0.2) is 0 Å². The standard InChI is InChI=1S/C17H23NO2/c1-13(2)16-4-3-11-18(16)12-15-7-5-14(6-8-15)9-10-17(19)20/h5-10,13,16H,3-4,11-12H2,1-2H3,(H,19,20). The second kappa shape index (κ2) is 6.71. The highest BCUT2D eigenvalue weighted by molar-refractivity contribution is 5.85. The fraction of sp³-hybridized carbons (Fsp3) is 0.471. The predicted molar refractivity (Wildman–Crippen MR) is 81.4 cm³/mol. The highest BCUT2D eigenvalue weighted by Crippen LogP contribution is 2.25. The lowest BCUT2D eigenvalue weighted by Gasteiger charge is -2.27. The van der Waals surface area contributed by atoms with Gasteiger partial charge in [0, 0.05) is 18.7 Å². The van der Waals surface area contributed by atoms with Crippen LogP contribution >= 0.6 is 0 Å². The van der Waals surface area contributed by atoms with Gasteiger partial charge in [0.1, 0.15) is 0 Å². The molecule has 3 nitrogen and oxygen atoms in total. The number of carboxylic acid groups (broad SMARTS) is 1. The second-order valence-corrected chi connectivity index (χ2v) is 5.84. The van der Waals surface area contributed by atoms with Crippen molar-refractivity contribution in [2.75, 3.05) is 6.54 Å². The minimum absolute atomic E-state index is 0.696. The molecule has 1 aromatic rings. The van der Waals surface area contributed by atoms with E-state index in [0.29, 0.717) is 12.0 Å². The van der Waals surface area contributed by atoms with E-state index in [0.717, 1.165) is 12.1 Å². The monoisotopic (exact) mass is 273 g/mol. The van der Waals surface area contributed by atoms with E-state index in [1.807, 2.05) is 12.1 Å². The molecule has 0 aliphatic carbocycles. The van der Waals surface area contributed by atoms with E-state index in [4.69, 9.17) is 5.11 Å². The van der Waals surface area contributed by atoms with Crippen molar-refractivity contribution in [3.8, 4) is 0 Å². The van der Waals surface area contributed by atoms with Crippen LogP contribution in [0.5, 0.6) is 0 Å². The van der Waals surface area contributed by atoms with Crippen LogP contribution < -0.4 is 0 Å². The smallest absolute Gasteiger partial charge is 0.328 e. The van der Waals surface area contributed by atoms with E-state index < -0.39 is 5.97 Å². The van der Waals surface area contributed by atoms with Gasteiger partial charge in [-0.1, -0.05) is 38.1 Å². The Morgan fingerprint density at radius 1 is 1.40 bits per heavy atom. The number of nitrogens with zero attached hydrogens (tertiary/aromatic N) is 1. The minimum atomic E-state index is -0.911. The zero-order valence-electron chi connectivity index (χ0n) is 12.2. The fourth-order valence-electron chi connectivity index (χ4n) is 2.94. The summed E-state index contributed by atoms with van der Waals surface area (Å²) in [6.45, 7) is 6.76. The van der Waals surface area contributed by atoms with Crippen molar-refractivity contribution < 1.29 is 9.90 Å². The van der Waals surface area contributed by atoms with Crippen molar-refractivity contribution in [2.24, 2.45) is 5.92 Å². The van der Waals surface area contributed by atoms with Crippen LogP contribution in [0.15, 0.2) is 30.3 Å². The fourth-order valence-corrected chi connectivity index (χ4v) is 2.94. The number of carbonyl (C=O) groups is 1. The van der Waals surface area contributed by atoms with Gasteiger partial charge in [0.25, 0.3) is 0 Å². The average Bonchev–Trinajstić information content (AvgIpc) is 2.86. The third-order valence-electron chi connectivity index (χ3n) is 3.97. The summed E-state index contributed by atoms with van der Waals surface area (Å²) in [5.41, 5.74) is 2.23. The summed E-state index contributed by atoms with van der Waals surface area (Å²) in [4.78, 5) is 13.0. The molecule has 108 valence electrons. The Labute approximate surface area is 120 Å². The summed E-state index contributed by atoms with van der Waals surface area (Å²) in [5, 5.41) is 8.61. The lowest BCUT2D eigenvalue weighted by molar-refractivity contribution is -0.131. The third kappa shape index (κ3) is 3.94. The molecule has 1 fully saturated rings. The van der Waals surface area contributed by atoms with Gasteiger partial charge in [0.2, 0.25) is 0 Å². The Bertz CT molecular complexity index is 476. The molecule has 0 amide bonds. The first kappa shape index (κ1) is 14.8. The molecular formula is C17H23NO2. The Morgan fingerprint density at radius 2 is 2.10 bits per heavy atom. The molecule has 0 radical (unpaired) electrons. The molecule has 1 N–H and O–H groups in total. The molecule has 1 aliphatic rings. The van der Waals surface area contributed by atoms with Crippen LogP contribution in [0.2, 0.25) is 0 Å². The van der Waals surface area contributed by atoms with Gasteiger partial charge in [-0.25, -0.2) is 4.79 Å². The first-order valence-electron chi connectivity index (χ1n) is 7.30. The maximum Gasteiger partial charge on any atom is 0.328 e. The van der Waals surface area contributed by atoms with Crippen molar-refractivity contribution in [2.45, 2.75) is 39.3 Å². The van der Waals surface area contributed by atoms with Crippen LogP contribution in [0.4, 0.5) is 0 Å². The number of carboxylic acids is 1. The molecule has 0 aromatic heterocycles. The van der Waals surface area contributed by atoms with Gasteiger partial charge in [0.05, 0.1) is 0 Å². The molecule has 20 heavy (non-hydrogen) atoms. The topological polar surface area (TPSA) is 40.5 Å². The highest BCUT2D eigenvalue weighted by Gasteiger charge is 2.26. The van der Waals surface area contributed by atoms with Crippen molar-refractivity contribution >= 4 is 12.0 Å². The number of rotatable bonds is 5. The van der Waals surface area contributed by atoms with Crippen LogP contribution in [-0.2, 0) is 11.3 Å². The molecule has 3 heteroatoms. The van der Waals surface area contributed by atoms with Crippen molar-refractivity contribution in [1.29, 1.82) is 0 Å². The molecule has 1 heterocycles.